The minimum atomic E-state index is 0.536. The van der Waals surface area contributed by atoms with Gasteiger partial charge in [0.1, 0.15) is 0 Å². The normalized spacial score (nSPS) is 25.1. The van der Waals surface area contributed by atoms with E-state index in [1.54, 1.807) is 0 Å². The predicted octanol–water partition coefficient (Wildman–Crippen LogP) is 3.42. The Balaban J connectivity index is 2.38. The van der Waals surface area contributed by atoms with Crippen molar-refractivity contribution in [2.24, 2.45) is 11.7 Å². The standard InChI is InChI=1S/C14H21ClN2/c1-10-5-4-8-17(11(10)2)14-12(9-16)6-3-7-13(14)15/h3,6-7,10-11H,4-5,8-9,16H2,1-2H3. The molecule has 1 aliphatic rings. The Hall–Kier alpha value is -0.730. The lowest BCUT2D eigenvalue weighted by molar-refractivity contribution is 0.363. The van der Waals surface area contributed by atoms with Gasteiger partial charge < -0.3 is 10.6 Å². The lowest BCUT2D eigenvalue weighted by atomic mass is 9.91. The lowest BCUT2D eigenvalue weighted by Gasteiger charge is -2.41. The summed E-state index contributed by atoms with van der Waals surface area (Å²) < 4.78 is 0. The van der Waals surface area contributed by atoms with Crippen LogP contribution in [0.4, 0.5) is 5.69 Å². The van der Waals surface area contributed by atoms with E-state index in [0.717, 1.165) is 22.8 Å². The molecule has 1 fully saturated rings. The number of para-hydroxylation sites is 1. The number of rotatable bonds is 2. The van der Waals surface area contributed by atoms with Crippen LogP contribution in [-0.4, -0.2) is 12.6 Å². The summed E-state index contributed by atoms with van der Waals surface area (Å²) in [5.41, 5.74) is 8.12. The van der Waals surface area contributed by atoms with Gasteiger partial charge in [-0.3, -0.25) is 0 Å². The minimum absolute atomic E-state index is 0.536. The number of piperidine rings is 1. The second-order valence-electron chi connectivity index (χ2n) is 5.01. The Labute approximate surface area is 109 Å². The van der Waals surface area contributed by atoms with Gasteiger partial charge in [0, 0.05) is 19.1 Å². The molecule has 0 spiro atoms. The molecule has 17 heavy (non-hydrogen) atoms. The van der Waals surface area contributed by atoms with Crippen LogP contribution in [0.3, 0.4) is 0 Å². The molecule has 1 heterocycles. The zero-order chi connectivity index (χ0) is 12.4. The van der Waals surface area contributed by atoms with Gasteiger partial charge in [0.05, 0.1) is 10.7 Å². The first-order valence-electron chi connectivity index (χ1n) is 6.39. The van der Waals surface area contributed by atoms with Crippen molar-refractivity contribution in [1.29, 1.82) is 0 Å². The molecule has 0 aromatic heterocycles. The van der Waals surface area contributed by atoms with Crippen LogP contribution in [0.2, 0.25) is 5.02 Å². The Bertz CT molecular complexity index is 392. The van der Waals surface area contributed by atoms with Crippen LogP contribution in [0.15, 0.2) is 18.2 Å². The summed E-state index contributed by atoms with van der Waals surface area (Å²) in [5, 5.41) is 0.828. The van der Waals surface area contributed by atoms with Gasteiger partial charge in [0.15, 0.2) is 0 Å². The predicted molar refractivity (Wildman–Crippen MR) is 74.5 cm³/mol. The molecule has 0 radical (unpaired) electrons. The molecule has 1 saturated heterocycles. The third-order valence-corrected chi connectivity index (χ3v) is 4.26. The number of nitrogens with two attached hydrogens (primary N) is 1. The molecule has 2 unspecified atom stereocenters. The van der Waals surface area contributed by atoms with Crippen LogP contribution in [0.25, 0.3) is 0 Å². The van der Waals surface area contributed by atoms with E-state index in [2.05, 4.69) is 24.8 Å². The van der Waals surface area contributed by atoms with E-state index in [-0.39, 0.29) is 0 Å². The highest BCUT2D eigenvalue weighted by Crippen LogP contribution is 2.35. The van der Waals surface area contributed by atoms with E-state index < -0.39 is 0 Å². The quantitative estimate of drug-likeness (QED) is 0.874. The molecule has 0 amide bonds. The second-order valence-corrected chi connectivity index (χ2v) is 5.41. The van der Waals surface area contributed by atoms with Gasteiger partial charge in [-0.25, -0.2) is 0 Å². The number of benzene rings is 1. The molecule has 1 aliphatic heterocycles. The average molecular weight is 253 g/mol. The zero-order valence-electron chi connectivity index (χ0n) is 10.6. The summed E-state index contributed by atoms with van der Waals surface area (Å²) in [7, 11) is 0. The summed E-state index contributed by atoms with van der Waals surface area (Å²) in [5.74, 6) is 0.714. The van der Waals surface area contributed by atoms with Gasteiger partial charge in [0.25, 0.3) is 0 Å². The minimum Gasteiger partial charge on any atom is -0.367 e. The van der Waals surface area contributed by atoms with Crippen LogP contribution >= 0.6 is 11.6 Å². The van der Waals surface area contributed by atoms with E-state index in [1.807, 2.05) is 12.1 Å². The van der Waals surface area contributed by atoms with Crippen molar-refractivity contribution in [3.8, 4) is 0 Å². The SMILES string of the molecule is CC1CCCN(c2c(Cl)cccc2CN)C1C. The summed E-state index contributed by atoms with van der Waals surface area (Å²) >= 11 is 6.36. The molecule has 94 valence electrons. The third kappa shape index (κ3) is 2.43. The van der Waals surface area contributed by atoms with E-state index >= 15 is 0 Å². The third-order valence-electron chi connectivity index (χ3n) is 3.95. The first-order chi connectivity index (χ1) is 8.15. The molecule has 0 saturated carbocycles. The number of halogens is 1. The topological polar surface area (TPSA) is 29.3 Å². The maximum Gasteiger partial charge on any atom is 0.0643 e. The Morgan fingerprint density at radius 2 is 2.18 bits per heavy atom. The van der Waals surface area contributed by atoms with E-state index in [4.69, 9.17) is 17.3 Å². The van der Waals surface area contributed by atoms with Crippen LogP contribution in [-0.2, 0) is 6.54 Å². The highest BCUT2D eigenvalue weighted by Gasteiger charge is 2.27. The average Bonchev–Trinajstić information content (AvgIpc) is 2.33. The molecule has 1 aromatic carbocycles. The fourth-order valence-corrected chi connectivity index (χ4v) is 3.00. The van der Waals surface area contributed by atoms with Gasteiger partial charge in [-0.15, -0.1) is 0 Å². The maximum atomic E-state index is 6.36. The number of nitrogens with zero attached hydrogens (tertiary/aromatic N) is 1. The summed E-state index contributed by atoms with van der Waals surface area (Å²) in [6.45, 7) is 6.24. The molecule has 1 aromatic rings. The monoisotopic (exact) mass is 252 g/mol. The zero-order valence-corrected chi connectivity index (χ0v) is 11.4. The molecular weight excluding hydrogens is 232 g/mol. The van der Waals surface area contributed by atoms with Gasteiger partial charge in [-0.05, 0) is 37.3 Å². The molecule has 2 N–H and O–H groups in total. The van der Waals surface area contributed by atoms with Crippen molar-refractivity contribution in [2.45, 2.75) is 39.3 Å². The molecule has 2 nitrogen and oxygen atoms in total. The Kier molecular flexibility index (Phi) is 3.95. The Morgan fingerprint density at radius 1 is 1.41 bits per heavy atom. The highest BCUT2D eigenvalue weighted by molar-refractivity contribution is 6.33. The Morgan fingerprint density at radius 3 is 2.88 bits per heavy atom. The van der Waals surface area contributed by atoms with Crippen molar-refractivity contribution < 1.29 is 0 Å². The molecule has 0 bridgehead atoms. The van der Waals surface area contributed by atoms with Crippen molar-refractivity contribution in [3.63, 3.8) is 0 Å². The van der Waals surface area contributed by atoms with Crippen molar-refractivity contribution in [1.82, 2.24) is 0 Å². The van der Waals surface area contributed by atoms with Crippen molar-refractivity contribution >= 4 is 17.3 Å². The maximum absolute atomic E-state index is 6.36. The van der Waals surface area contributed by atoms with Crippen molar-refractivity contribution in [2.75, 3.05) is 11.4 Å². The van der Waals surface area contributed by atoms with Gasteiger partial charge in [0.2, 0.25) is 0 Å². The summed E-state index contributed by atoms with van der Waals surface area (Å²) in [6, 6.07) is 6.55. The van der Waals surface area contributed by atoms with Crippen LogP contribution in [0, 0.1) is 5.92 Å². The van der Waals surface area contributed by atoms with E-state index in [0.29, 0.717) is 18.5 Å². The molecular formula is C14H21ClN2. The summed E-state index contributed by atoms with van der Waals surface area (Å²) in [6.07, 6.45) is 2.54. The fraction of sp³-hybridized carbons (Fsp3) is 0.571. The van der Waals surface area contributed by atoms with Gasteiger partial charge in [-0.1, -0.05) is 30.7 Å². The highest BCUT2D eigenvalue weighted by atomic mass is 35.5. The van der Waals surface area contributed by atoms with E-state index in [1.165, 1.54) is 12.8 Å². The summed E-state index contributed by atoms with van der Waals surface area (Å²) in [4.78, 5) is 2.43. The number of hydrogen-bond donors (Lipinski definition) is 1. The molecule has 0 aliphatic carbocycles. The van der Waals surface area contributed by atoms with Crippen LogP contribution < -0.4 is 10.6 Å². The molecule has 3 heteroatoms. The number of hydrogen-bond acceptors (Lipinski definition) is 2. The first-order valence-corrected chi connectivity index (χ1v) is 6.77. The number of anilines is 1. The molecule has 2 atom stereocenters. The molecule has 2 rings (SSSR count). The van der Waals surface area contributed by atoms with Crippen LogP contribution in [0.5, 0.6) is 0 Å². The van der Waals surface area contributed by atoms with Gasteiger partial charge >= 0.3 is 0 Å². The van der Waals surface area contributed by atoms with Crippen molar-refractivity contribution in [3.05, 3.63) is 28.8 Å². The lowest BCUT2D eigenvalue weighted by Crippen LogP contribution is -2.43. The fourth-order valence-electron chi connectivity index (χ4n) is 2.70. The van der Waals surface area contributed by atoms with E-state index in [9.17, 15) is 0 Å². The van der Waals surface area contributed by atoms with Gasteiger partial charge in [-0.2, -0.15) is 0 Å². The second kappa shape index (κ2) is 5.28. The largest absolute Gasteiger partial charge is 0.367 e. The first kappa shape index (κ1) is 12.7. The smallest absolute Gasteiger partial charge is 0.0643 e. The van der Waals surface area contributed by atoms with Crippen LogP contribution in [0.1, 0.15) is 32.3 Å².